The summed E-state index contributed by atoms with van der Waals surface area (Å²) in [6.07, 6.45) is 2.60. The number of hydrogen-bond donors (Lipinski definition) is 0. The maximum absolute atomic E-state index is 15.2. The SMILES string of the molecule is CCOc1cc(C)c(S(=O)(=O)N2CCCCC2)cc1C1=N[C@@H](c2ccc(Cl)cc2)[C@@H](c2ccc(Cl)cc2)N1C(=O)N1CCN(CC(=O)N2CCOCC2)CC1.Cl. The highest BCUT2D eigenvalue weighted by atomic mass is 35.5. The van der Waals surface area contributed by atoms with Gasteiger partial charge in [-0.05, 0) is 79.8 Å². The number of hydrogen-bond acceptors (Lipinski definition) is 8. The smallest absolute Gasteiger partial charge is 0.326 e. The quantitative estimate of drug-likeness (QED) is 0.244. The number of carbonyl (C=O) groups excluding carboxylic acids is 2. The van der Waals surface area contributed by atoms with Crippen LogP contribution < -0.4 is 4.74 Å². The summed E-state index contributed by atoms with van der Waals surface area (Å²) in [5, 5.41) is 1.12. The number of nitrogens with zero attached hydrogens (tertiary/aromatic N) is 6. The number of urea groups is 1. The van der Waals surface area contributed by atoms with Gasteiger partial charge in [0.05, 0.1) is 42.9 Å². The molecule has 302 valence electrons. The van der Waals surface area contributed by atoms with Crippen molar-refractivity contribution in [1.82, 2.24) is 23.9 Å². The van der Waals surface area contributed by atoms with Crippen LogP contribution in [0.25, 0.3) is 0 Å². The van der Waals surface area contributed by atoms with Crippen molar-refractivity contribution >= 4 is 63.4 Å². The predicted octanol–water partition coefficient (Wildman–Crippen LogP) is 6.44. The number of aliphatic imine (C=N–C) groups is 1. The van der Waals surface area contributed by atoms with Crippen molar-refractivity contribution in [3.8, 4) is 5.75 Å². The maximum atomic E-state index is 15.2. The van der Waals surface area contributed by atoms with Crippen molar-refractivity contribution in [2.24, 2.45) is 4.99 Å². The second kappa shape index (κ2) is 18.4. The number of aryl methyl sites for hydroxylation is 1. The van der Waals surface area contributed by atoms with E-state index >= 15 is 4.79 Å². The van der Waals surface area contributed by atoms with Gasteiger partial charge in [0, 0.05) is 62.4 Å². The van der Waals surface area contributed by atoms with Gasteiger partial charge in [-0.2, -0.15) is 4.31 Å². The van der Waals surface area contributed by atoms with Crippen molar-refractivity contribution in [3.63, 3.8) is 0 Å². The summed E-state index contributed by atoms with van der Waals surface area (Å²) in [6, 6.07) is 16.7. The van der Waals surface area contributed by atoms with Crippen LogP contribution in [0.4, 0.5) is 4.79 Å². The molecule has 4 aliphatic rings. The Bertz CT molecular complexity index is 2000. The first kappa shape index (κ1) is 42.2. The average molecular weight is 848 g/mol. The number of benzene rings is 3. The first-order chi connectivity index (χ1) is 26.5. The van der Waals surface area contributed by atoms with E-state index in [4.69, 9.17) is 37.7 Å². The summed E-state index contributed by atoms with van der Waals surface area (Å²) in [4.78, 5) is 41.1. The van der Waals surface area contributed by atoms with E-state index in [9.17, 15) is 13.2 Å². The van der Waals surface area contributed by atoms with Gasteiger partial charge >= 0.3 is 6.03 Å². The highest BCUT2D eigenvalue weighted by molar-refractivity contribution is 7.89. The molecule has 4 heterocycles. The lowest BCUT2D eigenvalue weighted by atomic mass is 9.93. The number of amides is 3. The van der Waals surface area contributed by atoms with Crippen LogP contribution >= 0.6 is 35.6 Å². The van der Waals surface area contributed by atoms with Gasteiger partial charge in [-0.25, -0.2) is 13.2 Å². The fourth-order valence-electron chi connectivity index (χ4n) is 7.84. The molecular formula is C40H49Cl3N6O6S. The Labute approximate surface area is 345 Å². The largest absolute Gasteiger partial charge is 0.493 e. The Balaban J connectivity index is 0.00000532. The number of carbonyl (C=O) groups is 2. The molecule has 0 aromatic heterocycles. The van der Waals surface area contributed by atoms with E-state index in [0.29, 0.717) is 105 Å². The summed E-state index contributed by atoms with van der Waals surface area (Å²) in [5.74, 6) is 0.810. The summed E-state index contributed by atoms with van der Waals surface area (Å²) in [6.45, 7) is 9.20. The van der Waals surface area contributed by atoms with Gasteiger partial charge in [0.1, 0.15) is 17.6 Å². The van der Waals surface area contributed by atoms with E-state index in [2.05, 4.69) is 4.90 Å². The Kier molecular flexibility index (Phi) is 13.9. The zero-order valence-corrected chi connectivity index (χ0v) is 34.9. The molecule has 16 heteroatoms. The van der Waals surface area contributed by atoms with Gasteiger partial charge in [-0.3, -0.25) is 19.6 Å². The molecule has 56 heavy (non-hydrogen) atoms. The van der Waals surface area contributed by atoms with Gasteiger partial charge in [-0.1, -0.05) is 53.9 Å². The zero-order valence-electron chi connectivity index (χ0n) is 31.7. The normalized spacial score (nSPS) is 21.1. The summed E-state index contributed by atoms with van der Waals surface area (Å²) in [5.41, 5.74) is 2.61. The molecule has 7 rings (SSSR count). The number of piperazine rings is 1. The first-order valence-electron chi connectivity index (χ1n) is 19.1. The lowest BCUT2D eigenvalue weighted by molar-refractivity contribution is -0.136. The Morgan fingerprint density at radius 3 is 2.04 bits per heavy atom. The van der Waals surface area contributed by atoms with Crippen molar-refractivity contribution in [3.05, 3.63) is 93.0 Å². The Morgan fingerprint density at radius 1 is 0.821 bits per heavy atom. The molecule has 12 nitrogen and oxygen atoms in total. The molecule has 0 saturated carbocycles. The number of sulfonamides is 1. The molecule has 2 atom stereocenters. The highest BCUT2D eigenvalue weighted by Crippen LogP contribution is 2.46. The second-order valence-electron chi connectivity index (χ2n) is 14.4. The fourth-order valence-corrected chi connectivity index (χ4v) is 9.84. The standard InChI is InChI=1S/C40H48Cl2N6O6S.ClH/c1-3-54-34-25-28(2)35(55(51,52)47-15-5-4-6-16-47)26-33(34)39-43-37(29-7-11-31(41)12-8-29)38(30-9-13-32(42)14-10-30)48(39)40(50)46-19-17-44(18-20-46)27-36(49)45-21-23-53-24-22-45;/h7-14,25-26,37-38H,3-6,15-24,27H2,1-2H3;1H/t37-,38+;/m0./s1. The molecule has 0 N–H and O–H groups in total. The number of halogens is 3. The van der Waals surface area contributed by atoms with Crippen molar-refractivity contribution < 1.29 is 27.5 Å². The molecule has 3 fully saturated rings. The van der Waals surface area contributed by atoms with Gasteiger partial charge in [0.25, 0.3) is 0 Å². The number of piperidine rings is 1. The summed E-state index contributed by atoms with van der Waals surface area (Å²) >= 11 is 12.7. The lowest BCUT2D eigenvalue weighted by Gasteiger charge is -2.39. The van der Waals surface area contributed by atoms with Gasteiger partial charge in [0.15, 0.2) is 0 Å². The van der Waals surface area contributed by atoms with Gasteiger partial charge in [0.2, 0.25) is 15.9 Å². The van der Waals surface area contributed by atoms with E-state index in [0.717, 1.165) is 30.4 Å². The number of rotatable bonds is 9. The van der Waals surface area contributed by atoms with Crippen LogP contribution in [0.5, 0.6) is 5.75 Å². The molecule has 0 unspecified atom stereocenters. The average Bonchev–Trinajstić information content (AvgIpc) is 3.59. The Morgan fingerprint density at radius 2 is 1.43 bits per heavy atom. The van der Waals surface area contributed by atoms with Crippen LogP contribution in [0.3, 0.4) is 0 Å². The molecule has 4 aliphatic heterocycles. The third-order valence-electron chi connectivity index (χ3n) is 10.8. The molecule has 3 amide bonds. The topological polar surface area (TPSA) is 115 Å². The van der Waals surface area contributed by atoms with E-state index in [1.165, 1.54) is 0 Å². The van der Waals surface area contributed by atoms with E-state index < -0.39 is 22.1 Å². The van der Waals surface area contributed by atoms with Crippen LogP contribution in [0.1, 0.15) is 60.5 Å². The number of amidine groups is 1. The minimum atomic E-state index is -3.86. The fraction of sp³-hybridized carbons (Fsp3) is 0.475. The predicted molar refractivity (Wildman–Crippen MR) is 220 cm³/mol. The van der Waals surface area contributed by atoms with E-state index in [-0.39, 0.29) is 35.8 Å². The molecule has 3 aromatic rings. The summed E-state index contributed by atoms with van der Waals surface area (Å²) in [7, 11) is -3.86. The number of ether oxygens (including phenoxy) is 2. The minimum absolute atomic E-state index is 0. The zero-order chi connectivity index (χ0) is 38.7. The molecule has 0 bridgehead atoms. The van der Waals surface area contributed by atoms with Crippen LogP contribution in [-0.2, 0) is 19.6 Å². The molecule has 3 saturated heterocycles. The number of morpholine rings is 1. The maximum Gasteiger partial charge on any atom is 0.326 e. The second-order valence-corrected chi connectivity index (χ2v) is 17.1. The first-order valence-corrected chi connectivity index (χ1v) is 21.3. The van der Waals surface area contributed by atoms with Gasteiger partial charge < -0.3 is 19.3 Å². The van der Waals surface area contributed by atoms with E-state index in [1.54, 1.807) is 57.4 Å². The van der Waals surface area contributed by atoms with Crippen LogP contribution in [0.2, 0.25) is 10.0 Å². The van der Waals surface area contributed by atoms with Crippen LogP contribution in [0, 0.1) is 6.92 Å². The van der Waals surface area contributed by atoms with Gasteiger partial charge in [-0.15, -0.1) is 12.4 Å². The highest BCUT2D eigenvalue weighted by Gasteiger charge is 2.45. The lowest BCUT2D eigenvalue weighted by Crippen LogP contribution is -2.56. The van der Waals surface area contributed by atoms with Crippen molar-refractivity contribution in [1.29, 1.82) is 0 Å². The third-order valence-corrected chi connectivity index (χ3v) is 13.4. The van der Waals surface area contributed by atoms with Crippen molar-refractivity contribution in [2.75, 3.05) is 78.7 Å². The Hall–Kier alpha value is -3.43. The minimum Gasteiger partial charge on any atom is -0.493 e. The molecule has 0 spiro atoms. The third kappa shape index (κ3) is 8.99. The molecule has 3 aromatic carbocycles. The van der Waals surface area contributed by atoms with Crippen LogP contribution in [-0.4, -0.2) is 129 Å². The molecular weight excluding hydrogens is 799 g/mol. The molecule has 0 radical (unpaired) electrons. The van der Waals surface area contributed by atoms with E-state index in [1.807, 2.05) is 36.1 Å². The monoisotopic (exact) mass is 846 g/mol. The summed E-state index contributed by atoms with van der Waals surface area (Å²) < 4.78 is 41.7. The van der Waals surface area contributed by atoms with Crippen LogP contribution in [0.15, 0.2) is 70.6 Å². The van der Waals surface area contributed by atoms with Crippen molar-refractivity contribution in [2.45, 2.75) is 50.1 Å². The molecule has 0 aliphatic carbocycles.